The molecule has 32 heavy (non-hydrogen) atoms. The van der Waals surface area contributed by atoms with Crippen molar-refractivity contribution in [2.45, 2.75) is 0 Å². The van der Waals surface area contributed by atoms with Crippen LogP contribution in [0.2, 0.25) is 10.0 Å². The second kappa shape index (κ2) is 8.35. The summed E-state index contributed by atoms with van der Waals surface area (Å²) in [4.78, 5) is 17.6. The molecule has 0 aliphatic carbocycles. The summed E-state index contributed by atoms with van der Waals surface area (Å²) >= 11 is 13.5. The Morgan fingerprint density at radius 2 is 1.84 bits per heavy atom. The largest absolute Gasteiger partial charge is 0.457 e. The van der Waals surface area contributed by atoms with Crippen LogP contribution in [-0.2, 0) is 0 Å². The Morgan fingerprint density at radius 3 is 2.62 bits per heavy atom. The highest BCUT2D eigenvalue weighted by atomic mass is 35.5. The molecule has 0 fully saturated rings. The maximum Gasteiger partial charge on any atom is 0.291 e. The zero-order valence-electron chi connectivity index (χ0n) is 16.1. The first-order chi connectivity index (χ1) is 15.5. The van der Waals surface area contributed by atoms with Gasteiger partial charge in [-0.15, -0.1) is 5.10 Å². The van der Waals surface area contributed by atoms with Gasteiger partial charge in [-0.3, -0.25) is 4.79 Å². The van der Waals surface area contributed by atoms with E-state index in [2.05, 4.69) is 10.1 Å². The number of benzene rings is 2. The van der Waals surface area contributed by atoms with Gasteiger partial charge in [-0.1, -0.05) is 52.7 Å². The van der Waals surface area contributed by atoms with Crippen LogP contribution in [0.5, 0.6) is 0 Å². The second-order valence-corrected chi connectivity index (χ2v) is 8.64. The third-order valence-electron chi connectivity index (χ3n) is 4.59. The summed E-state index contributed by atoms with van der Waals surface area (Å²) in [5, 5.41) is 5.30. The number of furan rings is 1. The lowest BCUT2D eigenvalue weighted by atomic mass is 10.2. The van der Waals surface area contributed by atoms with Gasteiger partial charge in [-0.2, -0.15) is 9.50 Å². The molecule has 9 heteroatoms. The second-order valence-electron chi connectivity index (χ2n) is 6.79. The van der Waals surface area contributed by atoms with Crippen LogP contribution in [0.4, 0.5) is 4.39 Å². The van der Waals surface area contributed by atoms with Crippen molar-refractivity contribution in [1.82, 2.24) is 14.6 Å². The number of rotatable bonds is 4. The first-order valence-electron chi connectivity index (χ1n) is 9.36. The molecule has 5 nitrogen and oxygen atoms in total. The maximum absolute atomic E-state index is 13.0. The summed E-state index contributed by atoms with van der Waals surface area (Å²) in [7, 11) is 0. The highest BCUT2D eigenvalue weighted by Crippen LogP contribution is 2.31. The molecule has 0 spiro atoms. The highest BCUT2D eigenvalue weighted by molar-refractivity contribution is 7.15. The van der Waals surface area contributed by atoms with E-state index in [9.17, 15) is 9.18 Å². The normalized spacial score (nSPS) is 12.4. The minimum Gasteiger partial charge on any atom is -0.457 e. The quantitative estimate of drug-likeness (QED) is 0.335. The summed E-state index contributed by atoms with van der Waals surface area (Å²) < 4.78 is 20.5. The summed E-state index contributed by atoms with van der Waals surface area (Å²) in [6, 6.07) is 14.7. The molecule has 0 bridgehead atoms. The van der Waals surface area contributed by atoms with Gasteiger partial charge in [0.2, 0.25) is 4.96 Å². The average Bonchev–Trinajstić information content (AvgIpc) is 3.47. The van der Waals surface area contributed by atoms with Crippen LogP contribution in [0.15, 0.2) is 63.8 Å². The number of aromatic nitrogens is 3. The van der Waals surface area contributed by atoms with Gasteiger partial charge in [0.15, 0.2) is 5.82 Å². The molecule has 0 radical (unpaired) electrons. The van der Waals surface area contributed by atoms with Crippen LogP contribution in [0, 0.1) is 5.82 Å². The predicted octanol–water partition coefficient (Wildman–Crippen LogP) is 5.58. The first kappa shape index (κ1) is 20.6. The van der Waals surface area contributed by atoms with E-state index in [1.165, 1.54) is 28.0 Å². The Bertz CT molecular complexity index is 1590. The highest BCUT2D eigenvalue weighted by Gasteiger charge is 2.11. The molecular formula is C23H12Cl2FN3O2S. The molecule has 3 aromatic heterocycles. The van der Waals surface area contributed by atoms with Crippen molar-refractivity contribution in [2.24, 2.45) is 0 Å². The molecule has 3 heterocycles. The number of hydrogen-bond acceptors (Lipinski definition) is 5. The lowest BCUT2D eigenvalue weighted by Gasteiger charge is -2.00. The zero-order chi connectivity index (χ0) is 22.2. The van der Waals surface area contributed by atoms with Crippen molar-refractivity contribution in [3.05, 3.63) is 102 Å². The third kappa shape index (κ3) is 4.10. The van der Waals surface area contributed by atoms with Crippen molar-refractivity contribution in [3.8, 4) is 11.3 Å². The van der Waals surface area contributed by atoms with Gasteiger partial charge in [-0.05, 0) is 54.1 Å². The molecule has 0 atom stereocenters. The Balaban J connectivity index is 1.44. The molecule has 0 saturated carbocycles. The van der Waals surface area contributed by atoms with Gasteiger partial charge < -0.3 is 4.42 Å². The van der Waals surface area contributed by atoms with E-state index in [4.69, 9.17) is 27.6 Å². The monoisotopic (exact) mass is 483 g/mol. The van der Waals surface area contributed by atoms with Gasteiger partial charge in [0, 0.05) is 16.7 Å². The fraction of sp³-hybridized carbons (Fsp3) is 0. The summed E-state index contributed by atoms with van der Waals surface area (Å²) in [6.07, 6.45) is 5.06. The summed E-state index contributed by atoms with van der Waals surface area (Å²) in [6.45, 7) is 0. The molecule has 0 aliphatic heterocycles. The summed E-state index contributed by atoms with van der Waals surface area (Å²) in [5.41, 5.74) is 1.17. The third-order valence-corrected chi connectivity index (χ3v) is 6.11. The van der Waals surface area contributed by atoms with Gasteiger partial charge in [-0.25, -0.2) is 4.39 Å². The summed E-state index contributed by atoms with van der Waals surface area (Å²) in [5.74, 6) is 1.12. The van der Waals surface area contributed by atoms with Crippen molar-refractivity contribution in [3.63, 3.8) is 0 Å². The lowest BCUT2D eigenvalue weighted by Crippen LogP contribution is -2.23. The predicted molar refractivity (Wildman–Crippen MR) is 125 cm³/mol. The van der Waals surface area contributed by atoms with Crippen LogP contribution in [-0.4, -0.2) is 14.6 Å². The molecule has 0 saturated heterocycles. The molecule has 0 aliphatic rings. The van der Waals surface area contributed by atoms with Gasteiger partial charge in [0.25, 0.3) is 5.56 Å². The molecule has 5 aromatic rings. The average molecular weight is 484 g/mol. The Morgan fingerprint density at radius 1 is 1.03 bits per heavy atom. The molecular weight excluding hydrogens is 472 g/mol. The fourth-order valence-corrected chi connectivity index (χ4v) is 4.33. The Labute approximate surface area is 194 Å². The van der Waals surface area contributed by atoms with Crippen LogP contribution in [0.1, 0.15) is 17.1 Å². The van der Waals surface area contributed by atoms with E-state index in [1.807, 2.05) is 0 Å². The van der Waals surface area contributed by atoms with Crippen molar-refractivity contribution >= 4 is 57.7 Å². The zero-order valence-corrected chi connectivity index (χ0v) is 18.5. The molecule has 5 rings (SSSR count). The number of nitrogens with zero attached hydrogens (tertiary/aromatic N) is 3. The van der Waals surface area contributed by atoms with Gasteiger partial charge in [0.1, 0.15) is 21.9 Å². The smallest absolute Gasteiger partial charge is 0.291 e. The first-order valence-corrected chi connectivity index (χ1v) is 10.9. The number of hydrogen-bond donors (Lipinski definition) is 0. The van der Waals surface area contributed by atoms with Crippen LogP contribution < -0.4 is 10.1 Å². The van der Waals surface area contributed by atoms with E-state index in [0.29, 0.717) is 42.4 Å². The fourth-order valence-electron chi connectivity index (χ4n) is 3.05. The number of halogens is 3. The minimum atomic E-state index is -0.304. The Kier molecular flexibility index (Phi) is 5.38. The molecule has 0 unspecified atom stereocenters. The lowest BCUT2D eigenvalue weighted by molar-refractivity contribution is 0.571. The van der Waals surface area contributed by atoms with Crippen molar-refractivity contribution in [2.75, 3.05) is 0 Å². The maximum atomic E-state index is 13.0. The number of thiazole rings is 1. The van der Waals surface area contributed by atoms with E-state index < -0.39 is 0 Å². The van der Waals surface area contributed by atoms with Crippen LogP contribution in [0.25, 0.3) is 34.5 Å². The standard InChI is InChI=1S/C23H12Cl2FN3O2S/c24-14-4-8-18(25)17(11-14)19-9-7-16(31-19)12-20-22(30)29-23(32-20)27-21(28-29)10-3-13-1-5-15(26)6-2-13/h1-12H/b10-3+,20-12-. The molecule has 0 amide bonds. The van der Waals surface area contributed by atoms with Gasteiger partial charge >= 0.3 is 0 Å². The van der Waals surface area contributed by atoms with E-state index in [1.54, 1.807) is 60.7 Å². The van der Waals surface area contributed by atoms with Crippen LogP contribution >= 0.6 is 34.5 Å². The van der Waals surface area contributed by atoms with Crippen LogP contribution in [0.3, 0.4) is 0 Å². The van der Waals surface area contributed by atoms with Crippen molar-refractivity contribution in [1.29, 1.82) is 0 Å². The topological polar surface area (TPSA) is 60.4 Å². The molecule has 2 aromatic carbocycles. The van der Waals surface area contributed by atoms with E-state index >= 15 is 0 Å². The van der Waals surface area contributed by atoms with Gasteiger partial charge in [0.05, 0.1) is 5.02 Å². The van der Waals surface area contributed by atoms with Crippen molar-refractivity contribution < 1.29 is 8.81 Å². The van der Waals surface area contributed by atoms with E-state index in [-0.39, 0.29) is 11.4 Å². The van der Waals surface area contributed by atoms with E-state index in [0.717, 1.165) is 5.56 Å². The minimum absolute atomic E-state index is 0.294. The Hall–Kier alpha value is -3.26. The molecule has 0 N–H and O–H groups in total. The SMILES string of the molecule is O=c1/c(=C/c2ccc(-c3cc(Cl)ccc3Cl)o2)sc2nc(/C=C/c3ccc(F)cc3)nn12. The number of fused-ring (bicyclic) bond motifs is 1. The molecule has 158 valence electrons.